The molecule has 1 heterocycles. The van der Waals surface area contributed by atoms with Gasteiger partial charge >= 0.3 is 0 Å². The second-order valence-electron chi connectivity index (χ2n) is 6.62. The zero-order valence-corrected chi connectivity index (χ0v) is 15.1. The number of carbonyl (C=O) groups is 1. The number of benzene rings is 1. The highest BCUT2D eigenvalue weighted by Crippen LogP contribution is 2.25. The van der Waals surface area contributed by atoms with E-state index in [4.69, 9.17) is 0 Å². The van der Waals surface area contributed by atoms with Crippen molar-refractivity contribution in [3.63, 3.8) is 0 Å². The summed E-state index contributed by atoms with van der Waals surface area (Å²) in [5.74, 6) is 0.421. The zero-order chi connectivity index (χ0) is 17.2. The van der Waals surface area contributed by atoms with Crippen molar-refractivity contribution in [1.29, 1.82) is 0 Å². The van der Waals surface area contributed by atoms with Gasteiger partial charge in [0.1, 0.15) is 0 Å². The molecule has 0 N–H and O–H groups in total. The van der Waals surface area contributed by atoms with Gasteiger partial charge in [-0.3, -0.25) is 4.79 Å². The highest BCUT2D eigenvalue weighted by Gasteiger charge is 2.29. The van der Waals surface area contributed by atoms with Crippen LogP contribution in [0.4, 0.5) is 0 Å². The fraction of sp³-hybridized carbons (Fsp3) is 0.588. The molecule has 6 heteroatoms. The average Bonchev–Trinajstić information content (AvgIpc) is 2.54. The number of hydrogen-bond donors (Lipinski definition) is 0. The van der Waals surface area contributed by atoms with Crippen molar-refractivity contribution in [1.82, 2.24) is 9.21 Å². The van der Waals surface area contributed by atoms with Gasteiger partial charge in [0.15, 0.2) is 0 Å². The van der Waals surface area contributed by atoms with Crippen LogP contribution in [0.15, 0.2) is 29.2 Å². The van der Waals surface area contributed by atoms with Crippen LogP contribution >= 0.6 is 0 Å². The molecule has 0 radical (unpaired) electrons. The molecule has 1 amide bonds. The third kappa shape index (κ3) is 3.75. The molecule has 2 rings (SSSR count). The quantitative estimate of drug-likeness (QED) is 0.848. The maximum atomic E-state index is 12.8. The molecule has 1 aliphatic heterocycles. The van der Waals surface area contributed by atoms with Crippen molar-refractivity contribution in [3.8, 4) is 0 Å². The van der Waals surface area contributed by atoms with Gasteiger partial charge in [0.2, 0.25) is 10.0 Å². The number of nitrogens with zero attached hydrogens (tertiary/aromatic N) is 2. The van der Waals surface area contributed by atoms with Gasteiger partial charge in [-0.05, 0) is 49.4 Å². The van der Waals surface area contributed by atoms with E-state index >= 15 is 0 Å². The van der Waals surface area contributed by atoms with Crippen molar-refractivity contribution in [2.75, 3.05) is 20.6 Å². The molecule has 0 unspecified atom stereocenters. The van der Waals surface area contributed by atoms with Crippen molar-refractivity contribution < 1.29 is 13.2 Å². The average molecular weight is 338 g/mol. The zero-order valence-electron chi connectivity index (χ0n) is 14.3. The Balaban J connectivity index is 2.23. The van der Waals surface area contributed by atoms with Crippen LogP contribution < -0.4 is 0 Å². The molecule has 0 saturated carbocycles. The summed E-state index contributed by atoms with van der Waals surface area (Å²) in [6, 6.07) is 6.52. The minimum Gasteiger partial charge on any atom is -0.335 e. The summed E-state index contributed by atoms with van der Waals surface area (Å²) in [7, 11) is -0.469. The van der Waals surface area contributed by atoms with Crippen LogP contribution in [0, 0.1) is 5.92 Å². The number of likely N-dealkylation sites (tertiary alicyclic amines) is 1. The fourth-order valence-corrected chi connectivity index (χ4v) is 3.95. The maximum Gasteiger partial charge on any atom is 0.254 e. The molecule has 1 aromatic carbocycles. The van der Waals surface area contributed by atoms with Crippen molar-refractivity contribution >= 4 is 15.9 Å². The molecule has 1 aromatic rings. The topological polar surface area (TPSA) is 57.7 Å². The Morgan fingerprint density at radius 3 is 2.30 bits per heavy atom. The second-order valence-corrected chi connectivity index (χ2v) is 8.77. The van der Waals surface area contributed by atoms with Crippen LogP contribution in [0.5, 0.6) is 0 Å². The molecule has 0 aliphatic carbocycles. The Morgan fingerprint density at radius 2 is 1.78 bits per heavy atom. The summed E-state index contributed by atoms with van der Waals surface area (Å²) in [6.07, 6.45) is 3.23. The van der Waals surface area contributed by atoms with Gasteiger partial charge in [0, 0.05) is 32.2 Å². The first-order chi connectivity index (χ1) is 10.7. The van der Waals surface area contributed by atoms with Crippen molar-refractivity contribution in [3.05, 3.63) is 29.8 Å². The molecule has 0 aromatic heterocycles. The molecular weight excluding hydrogens is 312 g/mol. The first-order valence-electron chi connectivity index (χ1n) is 8.08. The standard InChI is InChI=1S/C17H26N2O3S/c1-13(2)16-7-5-6-12-19(16)17(20)14-8-10-15(11-9-14)23(21,22)18(3)4/h8-11,13,16H,5-7,12H2,1-4H3/t16-/m1/s1. The van der Waals surface area contributed by atoms with E-state index in [2.05, 4.69) is 13.8 Å². The number of rotatable bonds is 4. The van der Waals surface area contributed by atoms with Crippen molar-refractivity contribution in [2.24, 2.45) is 5.92 Å². The van der Waals surface area contributed by atoms with Gasteiger partial charge < -0.3 is 4.90 Å². The van der Waals surface area contributed by atoms with E-state index in [1.165, 1.54) is 30.5 Å². The van der Waals surface area contributed by atoms with Crippen LogP contribution in [0.1, 0.15) is 43.5 Å². The molecular formula is C17H26N2O3S. The van der Waals surface area contributed by atoms with E-state index in [0.717, 1.165) is 25.8 Å². The summed E-state index contributed by atoms with van der Waals surface area (Å²) < 4.78 is 25.3. The Labute approximate surface area is 139 Å². The van der Waals surface area contributed by atoms with Crippen LogP contribution in [0.3, 0.4) is 0 Å². The van der Waals surface area contributed by atoms with E-state index in [9.17, 15) is 13.2 Å². The van der Waals surface area contributed by atoms with Crippen LogP contribution in [-0.2, 0) is 10.0 Å². The summed E-state index contributed by atoms with van der Waals surface area (Å²) in [4.78, 5) is 14.9. The SMILES string of the molecule is CC(C)[C@H]1CCCCN1C(=O)c1ccc(S(=O)(=O)N(C)C)cc1. The lowest BCUT2D eigenvalue weighted by Crippen LogP contribution is -2.46. The molecule has 1 fully saturated rings. The predicted octanol–water partition coefficient (Wildman–Crippen LogP) is 2.59. The molecule has 1 aliphatic rings. The number of sulfonamides is 1. The molecule has 23 heavy (non-hydrogen) atoms. The largest absolute Gasteiger partial charge is 0.335 e. The Kier molecular flexibility index (Phi) is 5.47. The highest BCUT2D eigenvalue weighted by molar-refractivity contribution is 7.89. The van der Waals surface area contributed by atoms with Crippen LogP contribution in [0.25, 0.3) is 0 Å². The van der Waals surface area contributed by atoms with Gasteiger partial charge in [-0.15, -0.1) is 0 Å². The number of piperidine rings is 1. The monoisotopic (exact) mass is 338 g/mol. The lowest BCUT2D eigenvalue weighted by Gasteiger charge is -2.38. The fourth-order valence-electron chi connectivity index (χ4n) is 3.05. The van der Waals surface area contributed by atoms with Gasteiger partial charge in [-0.1, -0.05) is 13.8 Å². The number of amides is 1. The minimum absolute atomic E-state index is 0.00259. The van der Waals surface area contributed by atoms with Gasteiger partial charge in [0.05, 0.1) is 4.90 Å². The van der Waals surface area contributed by atoms with Crippen LogP contribution in [-0.4, -0.2) is 50.2 Å². The summed E-state index contributed by atoms with van der Waals surface area (Å²) in [5, 5.41) is 0. The molecule has 1 saturated heterocycles. The minimum atomic E-state index is -3.46. The Bertz CT molecular complexity index is 651. The summed E-state index contributed by atoms with van der Waals surface area (Å²) in [6.45, 7) is 5.06. The predicted molar refractivity (Wildman–Crippen MR) is 90.8 cm³/mol. The van der Waals surface area contributed by atoms with E-state index in [-0.39, 0.29) is 16.8 Å². The summed E-state index contributed by atoms with van der Waals surface area (Å²) >= 11 is 0. The van der Waals surface area contributed by atoms with Gasteiger partial charge in [-0.25, -0.2) is 12.7 Å². The molecule has 5 nitrogen and oxygen atoms in total. The third-order valence-electron chi connectivity index (χ3n) is 4.46. The number of carbonyl (C=O) groups excluding carboxylic acids is 1. The van der Waals surface area contributed by atoms with E-state index < -0.39 is 10.0 Å². The highest BCUT2D eigenvalue weighted by atomic mass is 32.2. The molecule has 0 spiro atoms. The Hall–Kier alpha value is -1.40. The lowest BCUT2D eigenvalue weighted by atomic mass is 9.92. The number of hydrogen-bond acceptors (Lipinski definition) is 3. The van der Waals surface area contributed by atoms with Gasteiger partial charge in [-0.2, -0.15) is 0 Å². The van der Waals surface area contributed by atoms with Crippen molar-refractivity contribution in [2.45, 2.75) is 44.0 Å². The van der Waals surface area contributed by atoms with Gasteiger partial charge in [0.25, 0.3) is 5.91 Å². The normalized spacial score (nSPS) is 19.4. The lowest BCUT2D eigenvalue weighted by molar-refractivity contribution is 0.0543. The first-order valence-corrected chi connectivity index (χ1v) is 9.52. The smallest absolute Gasteiger partial charge is 0.254 e. The van der Waals surface area contributed by atoms with E-state index in [0.29, 0.717) is 11.5 Å². The molecule has 128 valence electrons. The first kappa shape index (κ1) is 17.9. The molecule has 0 bridgehead atoms. The Morgan fingerprint density at radius 1 is 1.17 bits per heavy atom. The third-order valence-corrected chi connectivity index (χ3v) is 6.29. The van der Waals surface area contributed by atoms with E-state index in [1.807, 2.05) is 4.90 Å². The maximum absolute atomic E-state index is 12.8. The van der Waals surface area contributed by atoms with Crippen LogP contribution in [0.2, 0.25) is 0 Å². The molecule has 1 atom stereocenters. The van der Waals surface area contributed by atoms with E-state index in [1.54, 1.807) is 12.1 Å². The second kappa shape index (κ2) is 7.01. The summed E-state index contributed by atoms with van der Waals surface area (Å²) in [5.41, 5.74) is 0.551.